The summed E-state index contributed by atoms with van der Waals surface area (Å²) in [5, 5.41) is 0. The van der Waals surface area contributed by atoms with Crippen LogP contribution in [0.2, 0.25) is 0 Å². The van der Waals surface area contributed by atoms with Crippen molar-refractivity contribution in [2.45, 2.75) is 13.8 Å². The molecule has 0 aromatic heterocycles. The van der Waals surface area contributed by atoms with Gasteiger partial charge in [-0.3, -0.25) is 9.59 Å². The van der Waals surface area contributed by atoms with Crippen molar-refractivity contribution < 1.29 is 9.59 Å². The van der Waals surface area contributed by atoms with Crippen LogP contribution in [0.1, 0.15) is 13.8 Å². The lowest BCUT2D eigenvalue weighted by Crippen LogP contribution is -2.10. The largest absolute Gasteiger partial charge is 0.366 e. The molecule has 0 atom stereocenters. The Bertz CT molecular complexity index is 176. The Kier molecular flexibility index (Phi) is 12.0. The van der Waals surface area contributed by atoms with Crippen LogP contribution >= 0.6 is 12.4 Å². The summed E-state index contributed by atoms with van der Waals surface area (Å²) in [4.78, 5) is 19.6. The standard InChI is InChI=1S/2C4H7NO.ClH/c2*1-3(2)4(5)6;/h2*1H2,2H3,(H2,5,6);1H. The van der Waals surface area contributed by atoms with Crippen LogP contribution in [0.5, 0.6) is 0 Å². The second-order valence-corrected chi connectivity index (χ2v) is 2.29. The molecular formula is C8H15ClN2O2. The molecule has 0 aliphatic carbocycles. The van der Waals surface area contributed by atoms with Crippen LogP contribution in [-0.4, -0.2) is 11.8 Å². The zero-order valence-electron chi connectivity index (χ0n) is 7.79. The van der Waals surface area contributed by atoms with Gasteiger partial charge in [0.05, 0.1) is 0 Å². The second kappa shape index (κ2) is 8.80. The first kappa shape index (κ1) is 17.7. The van der Waals surface area contributed by atoms with E-state index in [2.05, 4.69) is 13.2 Å². The van der Waals surface area contributed by atoms with E-state index in [0.717, 1.165) is 0 Å². The fourth-order valence-corrected chi connectivity index (χ4v) is 0. The Balaban J connectivity index is -0.000000143. The van der Waals surface area contributed by atoms with E-state index in [1.165, 1.54) is 0 Å². The number of carbonyl (C=O) groups excluding carboxylic acids is 2. The maximum absolute atomic E-state index is 9.82. The molecule has 0 fully saturated rings. The molecule has 4 nitrogen and oxygen atoms in total. The molecule has 0 rings (SSSR count). The highest BCUT2D eigenvalue weighted by Crippen LogP contribution is 1.78. The van der Waals surface area contributed by atoms with Crippen LogP contribution in [0.4, 0.5) is 0 Å². The van der Waals surface area contributed by atoms with Crippen LogP contribution in [0.25, 0.3) is 0 Å². The van der Waals surface area contributed by atoms with Crippen molar-refractivity contribution in [3.8, 4) is 0 Å². The average molecular weight is 207 g/mol. The van der Waals surface area contributed by atoms with Gasteiger partial charge in [0.1, 0.15) is 0 Å². The predicted octanol–water partition coefficient (Wildman–Crippen LogP) is 0.517. The molecule has 0 unspecified atom stereocenters. The summed E-state index contributed by atoms with van der Waals surface area (Å²) >= 11 is 0. The van der Waals surface area contributed by atoms with E-state index in [4.69, 9.17) is 11.5 Å². The van der Waals surface area contributed by atoms with Crippen molar-refractivity contribution >= 4 is 24.2 Å². The first-order valence-electron chi connectivity index (χ1n) is 3.19. The van der Waals surface area contributed by atoms with E-state index in [-0.39, 0.29) is 12.4 Å². The highest BCUT2D eigenvalue weighted by molar-refractivity contribution is 5.90. The number of halogens is 1. The highest BCUT2D eigenvalue weighted by Gasteiger charge is 1.87. The van der Waals surface area contributed by atoms with E-state index in [1.807, 2.05) is 0 Å². The molecule has 0 saturated carbocycles. The van der Waals surface area contributed by atoms with Gasteiger partial charge in [0.2, 0.25) is 11.8 Å². The van der Waals surface area contributed by atoms with Gasteiger partial charge in [-0.05, 0) is 13.8 Å². The topological polar surface area (TPSA) is 86.2 Å². The van der Waals surface area contributed by atoms with Gasteiger partial charge < -0.3 is 11.5 Å². The van der Waals surface area contributed by atoms with Crippen molar-refractivity contribution in [3.05, 3.63) is 24.3 Å². The van der Waals surface area contributed by atoms with Crippen LogP contribution in [0.15, 0.2) is 24.3 Å². The molecular weight excluding hydrogens is 192 g/mol. The van der Waals surface area contributed by atoms with Gasteiger partial charge in [-0.25, -0.2) is 0 Å². The van der Waals surface area contributed by atoms with Crippen molar-refractivity contribution in [3.63, 3.8) is 0 Å². The number of primary amides is 2. The average Bonchev–Trinajstić information content (AvgIpc) is 1.88. The van der Waals surface area contributed by atoms with Gasteiger partial charge in [-0.15, -0.1) is 12.4 Å². The molecule has 0 radical (unpaired) electrons. The Morgan fingerprint density at radius 1 is 0.923 bits per heavy atom. The summed E-state index contributed by atoms with van der Waals surface area (Å²) in [6, 6.07) is 0. The third kappa shape index (κ3) is 18.0. The first-order chi connectivity index (χ1) is 5.29. The molecule has 0 aromatic rings. The van der Waals surface area contributed by atoms with Gasteiger partial charge in [-0.2, -0.15) is 0 Å². The van der Waals surface area contributed by atoms with Crippen LogP contribution < -0.4 is 11.5 Å². The van der Waals surface area contributed by atoms with E-state index in [9.17, 15) is 9.59 Å². The number of carbonyl (C=O) groups is 2. The molecule has 4 N–H and O–H groups in total. The van der Waals surface area contributed by atoms with Crippen LogP contribution in [0.3, 0.4) is 0 Å². The zero-order chi connectivity index (χ0) is 10.3. The fraction of sp³-hybridized carbons (Fsp3) is 0.250. The summed E-state index contributed by atoms with van der Waals surface area (Å²) in [5.41, 5.74) is 10.2. The molecule has 13 heavy (non-hydrogen) atoms. The summed E-state index contributed by atoms with van der Waals surface area (Å²) in [6.07, 6.45) is 0. The fourth-order valence-electron chi connectivity index (χ4n) is 0. The summed E-state index contributed by atoms with van der Waals surface area (Å²) in [6.45, 7) is 9.70. The smallest absolute Gasteiger partial charge is 0.243 e. The second-order valence-electron chi connectivity index (χ2n) is 2.29. The van der Waals surface area contributed by atoms with Gasteiger partial charge in [0.25, 0.3) is 0 Å². The van der Waals surface area contributed by atoms with E-state index in [1.54, 1.807) is 13.8 Å². The number of hydrogen-bond donors (Lipinski definition) is 2. The molecule has 0 aliphatic heterocycles. The molecule has 0 heterocycles. The lowest BCUT2D eigenvalue weighted by atomic mass is 10.3. The summed E-state index contributed by atoms with van der Waals surface area (Å²) in [7, 11) is 0. The van der Waals surface area contributed by atoms with Crippen molar-refractivity contribution in [1.82, 2.24) is 0 Å². The van der Waals surface area contributed by atoms with Crippen molar-refractivity contribution in [1.29, 1.82) is 0 Å². The third-order valence-electron chi connectivity index (χ3n) is 0.841. The monoisotopic (exact) mass is 206 g/mol. The molecule has 0 aliphatic rings. The number of amides is 2. The lowest BCUT2D eigenvalue weighted by molar-refractivity contribution is -0.115. The van der Waals surface area contributed by atoms with Gasteiger partial charge in [0.15, 0.2) is 0 Å². The van der Waals surface area contributed by atoms with Gasteiger partial charge in [-0.1, -0.05) is 13.2 Å². The van der Waals surface area contributed by atoms with E-state index < -0.39 is 11.8 Å². The molecule has 0 spiro atoms. The molecule has 0 bridgehead atoms. The SMILES string of the molecule is C=C(C)C(N)=O.C=C(C)C(N)=O.Cl. The Morgan fingerprint density at radius 3 is 1.00 bits per heavy atom. The lowest BCUT2D eigenvalue weighted by Gasteiger charge is -1.81. The van der Waals surface area contributed by atoms with Crippen LogP contribution in [-0.2, 0) is 9.59 Å². The quantitative estimate of drug-likeness (QED) is 0.646. The minimum absolute atomic E-state index is 0. The highest BCUT2D eigenvalue weighted by atomic mass is 35.5. The predicted molar refractivity (Wildman–Crippen MR) is 55.3 cm³/mol. The van der Waals surface area contributed by atoms with Crippen molar-refractivity contribution in [2.75, 3.05) is 0 Å². The number of nitrogens with two attached hydrogens (primary N) is 2. The minimum atomic E-state index is -0.435. The molecule has 76 valence electrons. The molecule has 0 aromatic carbocycles. The Hall–Kier alpha value is -1.29. The molecule has 0 saturated heterocycles. The number of rotatable bonds is 2. The zero-order valence-corrected chi connectivity index (χ0v) is 8.61. The maximum Gasteiger partial charge on any atom is 0.243 e. The van der Waals surface area contributed by atoms with E-state index in [0.29, 0.717) is 11.1 Å². The maximum atomic E-state index is 9.82. The first-order valence-corrected chi connectivity index (χ1v) is 3.19. The Morgan fingerprint density at radius 2 is 1.00 bits per heavy atom. The number of hydrogen-bond acceptors (Lipinski definition) is 2. The normalized spacial score (nSPS) is 6.92. The molecule has 5 heteroatoms. The third-order valence-corrected chi connectivity index (χ3v) is 0.841. The summed E-state index contributed by atoms with van der Waals surface area (Å²) in [5.74, 6) is -0.870. The summed E-state index contributed by atoms with van der Waals surface area (Å²) < 4.78 is 0. The molecule has 2 amide bonds. The van der Waals surface area contributed by atoms with Gasteiger partial charge in [0, 0.05) is 11.1 Å². The van der Waals surface area contributed by atoms with E-state index >= 15 is 0 Å². The van der Waals surface area contributed by atoms with Crippen LogP contribution in [0, 0.1) is 0 Å². The minimum Gasteiger partial charge on any atom is -0.366 e. The van der Waals surface area contributed by atoms with Crippen molar-refractivity contribution in [2.24, 2.45) is 11.5 Å². The van der Waals surface area contributed by atoms with Gasteiger partial charge >= 0.3 is 0 Å². The Labute approximate surface area is 84.1 Å².